The molecule has 101 heavy (non-hydrogen) atoms. The van der Waals surface area contributed by atoms with Gasteiger partial charge < -0.3 is 34.2 Å². The molecule has 0 rings (SSSR count). The van der Waals surface area contributed by atoms with Crippen molar-refractivity contribution in [2.75, 3.05) is 39.6 Å². The average Bonchev–Trinajstić information content (AvgIpc) is 0.940. The summed E-state index contributed by atoms with van der Waals surface area (Å²) in [4.78, 5) is 58.5. The van der Waals surface area contributed by atoms with Crippen LogP contribution >= 0.6 is 15.6 Å². The molecule has 0 aromatic carbocycles. The molecule has 0 aromatic rings. The maximum absolute atomic E-state index is 12.9. The van der Waals surface area contributed by atoms with Gasteiger partial charge in [-0.25, -0.2) is 9.13 Å². The molecule has 0 aliphatic heterocycles. The molecule has 5 atom stereocenters. The first-order valence-electron chi connectivity index (χ1n) is 39.8. The zero-order valence-corrected chi connectivity index (χ0v) is 65.3. The Bertz CT molecular complexity index is 2320. The summed E-state index contributed by atoms with van der Waals surface area (Å²) < 4.78 is 61.0. The van der Waals surface area contributed by atoms with Crippen molar-refractivity contribution in [2.24, 2.45) is 0 Å². The Morgan fingerprint density at radius 1 is 0.287 bits per heavy atom. The third-order valence-electron chi connectivity index (χ3n) is 16.7. The van der Waals surface area contributed by atoms with E-state index in [2.05, 4.69) is 142 Å². The molecule has 0 heterocycles. The number of carbonyl (C=O) groups is 3. The number of aliphatic hydroxyl groups is 2. The standard InChI is InChI=1S/C83H144O16P2/c1-4-7-10-13-16-19-22-25-27-29-30-31-32-33-34-35-36-37-38-39-40-41-42-43-44-45-46-48-50-52-54-57-60-63-66-69-81(86)93-72-78(84)73-95-100(89,90)96-74-79(85)75-97-101(91,92)98-77-80(99-83(88)71-68-65-62-59-56-51-24-21-18-15-12-9-6-3)76-94-82(87)70-67-64-61-58-55-53-49-47-28-26-23-20-17-14-11-8-5-2/h7-8,10-11,16-17,19-20,25-28,30-31,33-34,36-37,49,53,78-80,84-85H,4-6,9,12-15,18,21-24,29,32,35,38-48,50-52,54-77H2,1-3H3,(H,89,90)(H,91,92)/b10-7-,11-8-,19-16-,20-17-,27-25-,28-26-,31-30-,34-33-,37-36-,53-49-. The number of aliphatic hydroxyl groups excluding tert-OH is 2. The molecule has 0 spiro atoms. The van der Waals surface area contributed by atoms with Gasteiger partial charge in [-0.1, -0.05) is 322 Å². The summed E-state index contributed by atoms with van der Waals surface area (Å²) in [5, 5.41) is 20.6. The zero-order chi connectivity index (χ0) is 73.7. The maximum atomic E-state index is 12.9. The predicted octanol–water partition coefficient (Wildman–Crippen LogP) is 23.3. The maximum Gasteiger partial charge on any atom is 0.472 e. The van der Waals surface area contributed by atoms with Crippen LogP contribution in [0.15, 0.2) is 122 Å². The normalized spacial score (nSPS) is 14.6. The van der Waals surface area contributed by atoms with Crippen LogP contribution in [0.5, 0.6) is 0 Å². The molecule has 0 saturated carbocycles. The summed E-state index contributed by atoms with van der Waals surface area (Å²) in [5.41, 5.74) is 0. The Morgan fingerprint density at radius 2 is 0.525 bits per heavy atom. The molecule has 0 saturated heterocycles. The van der Waals surface area contributed by atoms with Crippen LogP contribution in [-0.2, 0) is 55.8 Å². The van der Waals surface area contributed by atoms with E-state index in [1.807, 2.05) is 0 Å². The summed E-state index contributed by atoms with van der Waals surface area (Å²) in [6.45, 7) is 2.44. The van der Waals surface area contributed by atoms with E-state index in [1.54, 1.807) is 0 Å². The minimum Gasteiger partial charge on any atom is -0.463 e. The molecule has 5 unspecified atom stereocenters. The summed E-state index contributed by atoms with van der Waals surface area (Å²) >= 11 is 0. The van der Waals surface area contributed by atoms with Crippen molar-refractivity contribution in [1.29, 1.82) is 0 Å². The number of hydrogen-bond donors (Lipinski definition) is 4. The Morgan fingerprint density at radius 3 is 0.832 bits per heavy atom. The van der Waals surface area contributed by atoms with Crippen LogP contribution in [0.2, 0.25) is 0 Å². The van der Waals surface area contributed by atoms with Gasteiger partial charge in [0.2, 0.25) is 0 Å². The molecule has 0 amide bonds. The van der Waals surface area contributed by atoms with Crippen molar-refractivity contribution >= 4 is 33.6 Å². The second-order valence-electron chi connectivity index (χ2n) is 26.5. The molecule has 0 aliphatic carbocycles. The van der Waals surface area contributed by atoms with Gasteiger partial charge in [0.25, 0.3) is 0 Å². The van der Waals surface area contributed by atoms with E-state index in [1.165, 1.54) is 135 Å². The fourth-order valence-electron chi connectivity index (χ4n) is 10.7. The van der Waals surface area contributed by atoms with Crippen molar-refractivity contribution in [2.45, 2.75) is 347 Å². The van der Waals surface area contributed by atoms with Gasteiger partial charge in [0, 0.05) is 19.3 Å². The minimum absolute atomic E-state index is 0.101. The van der Waals surface area contributed by atoms with Gasteiger partial charge in [0.05, 0.1) is 26.4 Å². The molecule has 0 bridgehead atoms. The van der Waals surface area contributed by atoms with E-state index in [9.17, 15) is 43.5 Å². The van der Waals surface area contributed by atoms with Crippen LogP contribution in [-0.4, -0.2) is 95.9 Å². The second kappa shape index (κ2) is 75.6. The fraction of sp³-hybridized carbons (Fsp3) is 0.723. The first kappa shape index (κ1) is 97.0. The van der Waals surface area contributed by atoms with Crippen molar-refractivity contribution in [3.63, 3.8) is 0 Å². The average molecular weight is 1460 g/mol. The number of hydrogen-bond acceptors (Lipinski definition) is 14. The molecule has 18 heteroatoms. The Balaban J connectivity index is 4.36. The lowest BCUT2D eigenvalue weighted by Crippen LogP contribution is -2.30. The number of carbonyl (C=O) groups excluding carboxylic acids is 3. The van der Waals surface area contributed by atoms with E-state index in [0.717, 1.165) is 135 Å². The SMILES string of the molecule is CC/C=C\C/C=C\C/C=C\C/C=C\C/C=C\C/C=C\CCCCCCCCCCCCCCCCCCC(=O)OCC(O)COP(=O)(O)OCC(O)COP(=O)(O)OCC(COC(=O)CCCCCC/C=C\C/C=C\C/C=C\C/C=C\CC)OC(=O)CCCCCCCCCCCCCCC. The lowest BCUT2D eigenvalue weighted by atomic mass is 10.0. The second-order valence-corrected chi connectivity index (χ2v) is 29.4. The van der Waals surface area contributed by atoms with Gasteiger partial charge in [0.15, 0.2) is 6.10 Å². The van der Waals surface area contributed by atoms with Gasteiger partial charge >= 0.3 is 33.6 Å². The number of phosphoric acid groups is 2. The largest absolute Gasteiger partial charge is 0.472 e. The zero-order valence-electron chi connectivity index (χ0n) is 63.5. The van der Waals surface area contributed by atoms with Gasteiger partial charge in [-0.2, -0.15) is 0 Å². The number of allylic oxidation sites excluding steroid dienone is 20. The van der Waals surface area contributed by atoms with Crippen LogP contribution in [0.3, 0.4) is 0 Å². The first-order valence-corrected chi connectivity index (χ1v) is 42.8. The highest BCUT2D eigenvalue weighted by Crippen LogP contribution is 2.45. The van der Waals surface area contributed by atoms with Crippen molar-refractivity contribution in [3.05, 3.63) is 122 Å². The molecule has 16 nitrogen and oxygen atoms in total. The number of rotatable bonds is 75. The molecule has 4 N–H and O–H groups in total. The molecule has 0 radical (unpaired) electrons. The van der Waals surface area contributed by atoms with Crippen LogP contribution < -0.4 is 0 Å². The fourth-order valence-corrected chi connectivity index (χ4v) is 12.3. The number of esters is 3. The van der Waals surface area contributed by atoms with Crippen LogP contribution in [0.4, 0.5) is 0 Å². The molecular formula is C83H144O16P2. The van der Waals surface area contributed by atoms with Crippen molar-refractivity contribution in [1.82, 2.24) is 0 Å². The number of phosphoric ester groups is 2. The smallest absolute Gasteiger partial charge is 0.463 e. The minimum atomic E-state index is -4.93. The lowest BCUT2D eigenvalue weighted by Gasteiger charge is -2.21. The summed E-state index contributed by atoms with van der Waals surface area (Å²) in [6, 6.07) is 0. The highest BCUT2D eigenvalue weighted by molar-refractivity contribution is 7.47. The van der Waals surface area contributed by atoms with Crippen molar-refractivity contribution in [3.8, 4) is 0 Å². The van der Waals surface area contributed by atoms with Crippen LogP contribution in [0.25, 0.3) is 0 Å². The quantitative estimate of drug-likeness (QED) is 0.0146. The molecule has 0 aliphatic rings. The molecular weight excluding hydrogens is 1310 g/mol. The monoisotopic (exact) mass is 1460 g/mol. The van der Waals surface area contributed by atoms with Gasteiger partial charge in [-0.05, 0) is 109 Å². The predicted molar refractivity (Wildman–Crippen MR) is 417 cm³/mol. The molecule has 0 fully saturated rings. The highest BCUT2D eigenvalue weighted by Gasteiger charge is 2.29. The summed E-state index contributed by atoms with van der Waals surface area (Å²) in [6.07, 6.45) is 89.8. The Hall–Kier alpha value is -4.05. The third kappa shape index (κ3) is 76.9. The van der Waals surface area contributed by atoms with Gasteiger partial charge in [-0.15, -0.1) is 0 Å². The van der Waals surface area contributed by atoms with E-state index in [-0.39, 0.29) is 19.3 Å². The molecule has 0 aromatic heterocycles. The highest BCUT2D eigenvalue weighted by atomic mass is 31.2. The van der Waals surface area contributed by atoms with E-state index in [4.69, 9.17) is 32.3 Å². The topological polar surface area (TPSA) is 231 Å². The third-order valence-corrected chi connectivity index (χ3v) is 18.6. The summed E-state index contributed by atoms with van der Waals surface area (Å²) in [7, 11) is -9.78. The lowest BCUT2D eigenvalue weighted by molar-refractivity contribution is -0.161. The molecule has 582 valence electrons. The Kier molecular flexibility index (Phi) is 72.6. The van der Waals surface area contributed by atoms with E-state index >= 15 is 0 Å². The van der Waals surface area contributed by atoms with Gasteiger partial charge in [0.1, 0.15) is 25.4 Å². The van der Waals surface area contributed by atoms with Crippen LogP contribution in [0, 0.1) is 0 Å². The number of unbranched alkanes of at least 4 members (excludes halogenated alkanes) is 32. The van der Waals surface area contributed by atoms with E-state index in [0.29, 0.717) is 19.3 Å². The van der Waals surface area contributed by atoms with Crippen LogP contribution in [0.1, 0.15) is 329 Å². The van der Waals surface area contributed by atoms with E-state index < -0.39 is 91.5 Å². The first-order chi connectivity index (χ1) is 49.2. The van der Waals surface area contributed by atoms with Gasteiger partial charge in [-0.3, -0.25) is 32.5 Å². The Labute approximate surface area is 614 Å². The summed E-state index contributed by atoms with van der Waals surface area (Å²) in [5.74, 6) is -1.59. The van der Waals surface area contributed by atoms with Crippen molar-refractivity contribution < 1.29 is 75.8 Å². The number of ether oxygens (including phenoxy) is 3.